The molecule has 0 unspecified atom stereocenters. The largest absolute Gasteiger partial charge is 0.454 e. The Morgan fingerprint density at radius 3 is 1.48 bits per heavy atom. The maximum Gasteiger partial charge on any atom is 0.349 e. The number of unbranched alkanes of at least 4 members (excludes halogenated alkanes) is 2. The van der Waals surface area contributed by atoms with Gasteiger partial charge in [0.2, 0.25) is 13.6 Å². The predicted octanol–water partition coefficient (Wildman–Crippen LogP) is 5.54. The summed E-state index contributed by atoms with van der Waals surface area (Å²) in [5.74, 6) is 2.14. The number of rotatable bonds is 18. The number of pyridine rings is 2. The third kappa shape index (κ3) is 11.3. The second kappa shape index (κ2) is 18.3. The van der Waals surface area contributed by atoms with Gasteiger partial charge in [-0.15, -0.1) is 10.1 Å². The first-order valence-corrected chi connectivity index (χ1v) is 18.0. The molecular weight excluding hydrogens is 692 g/mol. The quantitative estimate of drug-likeness (QED) is 0.0740. The third-order valence-corrected chi connectivity index (χ3v) is 8.65. The van der Waals surface area contributed by atoms with Crippen molar-refractivity contribution in [2.24, 2.45) is 0 Å². The van der Waals surface area contributed by atoms with Crippen molar-refractivity contribution in [2.45, 2.75) is 65.5 Å². The van der Waals surface area contributed by atoms with Crippen LogP contribution in [-0.2, 0) is 45.2 Å². The lowest BCUT2D eigenvalue weighted by Gasteiger charge is -2.21. The standard InChI is InChI=1S/C40H46N6O8/c1-27-17-31(43-37(41)19-27)7-3-5-15-45(23-29-9-11-33-35(21-29)51-25-49-33)53-39(47)13-14-40(48)54-46(24-30-10-12-34-36(22-30)52-26-50-34)16-6-4-8-32-18-28(2)20-38(42)44-32/h9-14,17-22H,3-8,15-16,23-26H2,1-2H3,(H2,41,43)(H2,42,44)/b14-13+. The number of benzene rings is 2. The molecule has 2 aromatic heterocycles. The first-order valence-electron chi connectivity index (χ1n) is 18.0. The van der Waals surface area contributed by atoms with Crippen molar-refractivity contribution >= 4 is 23.6 Å². The van der Waals surface area contributed by atoms with Crippen LogP contribution in [0.1, 0.15) is 59.3 Å². The Hall–Kier alpha value is -5.86. The fraction of sp³-hybridized carbons (Fsp3) is 0.350. The van der Waals surface area contributed by atoms with E-state index in [0.717, 1.165) is 71.5 Å². The Morgan fingerprint density at radius 2 is 1.06 bits per heavy atom. The number of nitrogen functional groups attached to an aromatic ring is 2. The van der Waals surface area contributed by atoms with Crippen molar-refractivity contribution in [3.63, 3.8) is 0 Å². The maximum atomic E-state index is 13.1. The fourth-order valence-corrected chi connectivity index (χ4v) is 6.23. The van der Waals surface area contributed by atoms with Crippen LogP contribution in [0.15, 0.2) is 72.8 Å². The molecule has 54 heavy (non-hydrogen) atoms. The molecule has 4 N–H and O–H groups in total. The highest BCUT2D eigenvalue weighted by Crippen LogP contribution is 2.34. The monoisotopic (exact) mass is 738 g/mol. The molecule has 4 aromatic rings. The van der Waals surface area contributed by atoms with Crippen LogP contribution < -0.4 is 30.4 Å². The van der Waals surface area contributed by atoms with Gasteiger partial charge in [-0.1, -0.05) is 12.1 Å². The lowest BCUT2D eigenvalue weighted by molar-refractivity contribution is -0.190. The molecule has 2 aliphatic rings. The number of fused-ring (bicyclic) bond motifs is 2. The molecule has 0 fully saturated rings. The SMILES string of the molecule is Cc1cc(N)nc(CCCCN(Cc2ccc3c(c2)OCO3)OC(=O)/C=C/C(=O)ON(CCCCc2cc(C)cc(N)n2)Cc2ccc3c(c2)OCO3)c1. The number of carbonyl (C=O) groups excluding carboxylic acids is 2. The minimum absolute atomic E-state index is 0.157. The van der Waals surface area contributed by atoms with E-state index in [2.05, 4.69) is 9.97 Å². The van der Waals surface area contributed by atoms with Gasteiger partial charge in [0.15, 0.2) is 23.0 Å². The van der Waals surface area contributed by atoms with Crippen molar-refractivity contribution in [1.82, 2.24) is 20.1 Å². The lowest BCUT2D eigenvalue weighted by atomic mass is 10.1. The average Bonchev–Trinajstić information content (AvgIpc) is 3.79. The predicted molar refractivity (Wildman–Crippen MR) is 200 cm³/mol. The van der Waals surface area contributed by atoms with Gasteiger partial charge in [-0.25, -0.2) is 19.6 Å². The summed E-state index contributed by atoms with van der Waals surface area (Å²) in [5, 5.41) is 3.13. The highest BCUT2D eigenvalue weighted by Gasteiger charge is 2.19. The molecule has 0 atom stereocenters. The minimum Gasteiger partial charge on any atom is -0.454 e. The van der Waals surface area contributed by atoms with Crippen LogP contribution >= 0.6 is 0 Å². The third-order valence-electron chi connectivity index (χ3n) is 8.65. The Kier molecular flexibility index (Phi) is 12.8. The maximum absolute atomic E-state index is 13.1. The molecule has 6 rings (SSSR count). The van der Waals surface area contributed by atoms with E-state index in [1.54, 1.807) is 10.1 Å². The average molecular weight is 739 g/mol. The molecule has 0 bridgehead atoms. The molecule has 2 aromatic carbocycles. The Bertz CT molecular complexity index is 1790. The molecule has 0 amide bonds. The van der Waals surface area contributed by atoms with Crippen molar-refractivity contribution in [3.8, 4) is 23.0 Å². The van der Waals surface area contributed by atoms with E-state index in [1.807, 2.05) is 74.5 Å². The van der Waals surface area contributed by atoms with Crippen LogP contribution in [0.2, 0.25) is 0 Å². The van der Waals surface area contributed by atoms with Crippen molar-refractivity contribution in [1.29, 1.82) is 0 Å². The fourth-order valence-electron chi connectivity index (χ4n) is 6.23. The zero-order chi connectivity index (χ0) is 37.9. The van der Waals surface area contributed by atoms with Gasteiger partial charge in [0.25, 0.3) is 0 Å². The molecule has 0 aliphatic carbocycles. The Balaban J connectivity index is 1.05. The van der Waals surface area contributed by atoms with Crippen molar-refractivity contribution in [2.75, 3.05) is 38.1 Å². The summed E-state index contributed by atoms with van der Waals surface area (Å²) in [6.45, 7) is 5.75. The molecule has 284 valence electrons. The number of aromatic nitrogens is 2. The minimum atomic E-state index is -0.715. The number of hydrogen-bond acceptors (Lipinski definition) is 14. The molecular formula is C40H46N6O8. The molecule has 14 heteroatoms. The second-order valence-electron chi connectivity index (χ2n) is 13.3. The number of aryl methyl sites for hydroxylation is 4. The van der Waals surface area contributed by atoms with E-state index in [1.165, 1.54) is 0 Å². The van der Waals surface area contributed by atoms with E-state index in [-0.39, 0.29) is 13.6 Å². The number of anilines is 2. The lowest BCUT2D eigenvalue weighted by Crippen LogP contribution is -2.28. The van der Waals surface area contributed by atoms with Gasteiger partial charge in [-0.05, 0) is 123 Å². The van der Waals surface area contributed by atoms with Gasteiger partial charge >= 0.3 is 11.9 Å². The molecule has 0 saturated heterocycles. The first-order chi connectivity index (χ1) is 26.1. The van der Waals surface area contributed by atoms with Crippen LogP contribution in [0.25, 0.3) is 0 Å². The van der Waals surface area contributed by atoms with Crippen LogP contribution in [0.3, 0.4) is 0 Å². The molecule has 14 nitrogen and oxygen atoms in total. The van der Waals surface area contributed by atoms with Crippen LogP contribution in [0.4, 0.5) is 11.6 Å². The first kappa shape index (κ1) is 37.9. The number of nitrogens with zero attached hydrogens (tertiary/aromatic N) is 4. The van der Waals surface area contributed by atoms with Gasteiger partial charge in [0, 0.05) is 36.6 Å². The van der Waals surface area contributed by atoms with Gasteiger partial charge in [-0.2, -0.15) is 0 Å². The highest BCUT2D eigenvalue weighted by molar-refractivity contribution is 5.91. The summed E-state index contributed by atoms with van der Waals surface area (Å²) in [6, 6.07) is 18.8. The van der Waals surface area contributed by atoms with Crippen molar-refractivity contribution < 1.29 is 38.2 Å². The van der Waals surface area contributed by atoms with Crippen LogP contribution in [-0.4, -0.2) is 58.7 Å². The zero-order valence-electron chi connectivity index (χ0n) is 30.6. The van der Waals surface area contributed by atoms with E-state index < -0.39 is 11.9 Å². The number of hydrogen-bond donors (Lipinski definition) is 2. The summed E-state index contributed by atoms with van der Waals surface area (Å²) in [5.41, 5.74) is 17.5. The summed E-state index contributed by atoms with van der Waals surface area (Å²) in [4.78, 5) is 46.4. The number of nitrogens with two attached hydrogens (primary N) is 2. The Morgan fingerprint density at radius 1 is 0.630 bits per heavy atom. The van der Waals surface area contributed by atoms with Crippen LogP contribution in [0, 0.1) is 13.8 Å². The van der Waals surface area contributed by atoms with Gasteiger partial charge in [0.05, 0.1) is 13.1 Å². The van der Waals surface area contributed by atoms with E-state index in [4.69, 9.17) is 40.1 Å². The van der Waals surface area contributed by atoms with Gasteiger partial charge < -0.3 is 40.1 Å². The molecule has 0 saturated carbocycles. The van der Waals surface area contributed by atoms with Gasteiger partial charge in [-0.3, -0.25) is 0 Å². The van der Waals surface area contributed by atoms with Crippen LogP contribution in [0.5, 0.6) is 23.0 Å². The van der Waals surface area contributed by atoms with E-state index in [0.29, 0.717) is 73.7 Å². The number of carbonyl (C=O) groups is 2. The molecule has 4 heterocycles. The number of hydroxylamine groups is 4. The summed E-state index contributed by atoms with van der Waals surface area (Å²) in [7, 11) is 0. The van der Waals surface area contributed by atoms with E-state index >= 15 is 0 Å². The number of ether oxygens (including phenoxy) is 4. The zero-order valence-corrected chi connectivity index (χ0v) is 30.6. The highest BCUT2D eigenvalue weighted by atomic mass is 16.7. The van der Waals surface area contributed by atoms with Crippen molar-refractivity contribution in [3.05, 3.63) is 106 Å². The topological polar surface area (TPSA) is 174 Å². The van der Waals surface area contributed by atoms with E-state index in [9.17, 15) is 9.59 Å². The van der Waals surface area contributed by atoms with Gasteiger partial charge in [0.1, 0.15) is 11.6 Å². The molecule has 2 aliphatic heterocycles. The summed E-state index contributed by atoms with van der Waals surface area (Å²) >= 11 is 0. The normalized spacial score (nSPS) is 12.9. The summed E-state index contributed by atoms with van der Waals surface area (Å²) < 4.78 is 21.9. The molecule has 0 spiro atoms. The second-order valence-corrected chi connectivity index (χ2v) is 13.3. The molecule has 0 radical (unpaired) electrons. The smallest absolute Gasteiger partial charge is 0.349 e. The Labute approximate surface area is 314 Å². The summed E-state index contributed by atoms with van der Waals surface area (Å²) in [6.07, 6.45) is 6.60.